The van der Waals surface area contributed by atoms with Gasteiger partial charge in [-0.1, -0.05) is 0 Å². The van der Waals surface area contributed by atoms with E-state index in [1.165, 1.54) is 11.3 Å². The van der Waals surface area contributed by atoms with E-state index in [0.717, 1.165) is 28.9 Å². The summed E-state index contributed by atoms with van der Waals surface area (Å²) in [6, 6.07) is 7.31. The van der Waals surface area contributed by atoms with Crippen LogP contribution in [-0.4, -0.2) is 39.8 Å². The first-order chi connectivity index (χ1) is 13.2. The normalized spacial score (nSPS) is 15.8. The molecule has 0 spiro atoms. The maximum Gasteiger partial charge on any atom is 0.265 e. The van der Waals surface area contributed by atoms with E-state index in [4.69, 9.17) is 9.47 Å². The van der Waals surface area contributed by atoms with Gasteiger partial charge in [0.2, 0.25) is 10.0 Å². The topological polar surface area (TPSA) is 93.7 Å². The maximum absolute atomic E-state index is 12.7. The molecular weight excluding hydrogens is 400 g/mol. The molecule has 1 aromatic heterocycles. The standard InChI is InChI=1S/C19H24N2O5S2/c1-4-25-17-10-13-9-12(2)26-16(13)11-15(17)21-19(22)18-6-5-14(27-18)7-8-20-28(3,23)24/h5-6,10-12,20H,4,7-9H2,1-3H3,(H,21,22)/t12-/m1/s1. The van der Waals surface area contributed by atoms with Crippen molar-refractivity contribution in [2.24, 2.45) is 0 Å². The van der Waals surface area contributed by atoms with Crippen molar-refractivity contribution >= 4 is 33.0 Å². The van der Waals surface area contributed by atoms with Crippen LogP contribution in [0, 0.1) is 0 Å². The Morgan fingerprint density at radius 3 is 2.86 bits per heavy atom. The minimum atomic E-state index is -3.21. The number of fused-ring (bicyclic) bond motifs is 1. The van der Waals surface area contributed by atoms with Crippen molar-refractivity contribution in [3.8, 4) is 11.5 Å². The summed E-state index contributed by atoms with van der Waals surface area (Å²) < 4.78 is 36.2. The second-order valence-corrected chi connectivity index (χ2v) is 9.66. The van der Waals surface area contributed by atoms with Crippen LogP contribution in [0.25, 0.3) is 0 Å². The first kappa shape index (κ1) is 20.6. The van der Waals surface area contributed by atoms with Crippen LogP contribution in [0.3, 0.4) is 0 Å². The summed E-state index contributed by atoms with van der Waals surface area (Å²) in [6.07, 6.45) is 2.58. The second kappa shape index (κ2) is 8.50. The van der Waals surface area contributed by atoms with Crippen LogP contribution < -0.4 is 19.5 Å². The zero-order chi connectivity index (χ0) is 20.3. The minimum Gasteiger partial charge on any atom is -0.492 e. The third-order valence-corrected chi connectivity index (χ3v) is 6.04. The fourth-order valence-corrected chi connectivity index (χ4v) is 4.37. The molecule has 0 unspecified atom stereocenters. The van der Waals surface area contributed by atoms with E-state index in [0.29, 0.717) is 35.9 Å². The largest absolute Gasteiger partial charge is 0.492 e. The third kappa shape index (κ3) is 5.24. The molecule has 3 rings (SSSR count). The van der Waals surface area contributed by atoms with Crippen LogP contribution >= 0.6 is 11.3 Å². The molecule has 0 fully saturated rings. The number of carbonyl (C=O) groups is 1. The smallest absolute Gasteiger partial charge is 0.265 e. The monoisotopic (exact) mass is 424 g/mol. The molecule has 0 radical (unpaired) electrons. The van der Waals surface area contributed by atoms with E-state index in [1.807, 2.05) is 32.0 Å². The van der Waals surface area contributed by atoms with Crippen LogP contribution in [0.1, 0.15) is 34.0 Å². The van der Waals surface area contributed by atoms with E-state index < -0.39 is 10.0 Å². The number of amides is 1. The maximum atomic E-state index is 12.7. The molecule has 28 heavy (non-hydrogen) atoms. The fourth-order valence-electron chi connectivity index (χ4n) is 2.99. The molecular formula is C19H24N2O5S2. The van der Waals surface area contributed by atoms with Gasteiger partial charge in [-0.25, -0.2) is 13.1 Å². The van der Waals surface area contributed by atoms with Crippen molar-refractivity contribution in [2.75, 3.05) is 24.7 Å². The van der Waals surface area contributed by atoms with E-state index in [2.05, 4.69) is 10.0 Å². The van der Waals surface area contributed by atoms with Gasteiger partial charge in [0.05, 0.1) is 23.4 Å². The predicted molar refractivity (Wildman–Crippen MR) is 110 cm³/mol. The van der Waals surface area contributed by atoms with Crippen LogP contribution in [0.2, 0.25) is 0 Å². The first-order valence-corrected chi connectivity index (χ1v) is 11.8. The predicted octanol–water partition coefficient (Wildman–Crippen LogP) is 2.81. The number of nitrogens with one attached hydrogen (secondary N) is 2. The molecule has 0 bridgehead atoms. The van der Waals surface area contributed by atoms with Gasteiger partial charge >= 0.3 is 0 Å². The number of benzene rings is 1. The highest BCUT2D eigenvalue weighted by Crippen LogP contribution is 2.38. The summed E-state index contributed by atoms with van der Waals surface area (Å²) in [5.74, 6) is 1.16. The van der Waals surface area contributed by atoms with Crippen LogP contribution in [0.15, 0.2) is 24.3 Å². The van der Waals surface area contributed by atoms with E-state index in [-0.39, 0.29) is 12.0 Å². The molecule has 0 saturated heterocycles. The van der Waals surface area contributed by atoms with Gasteiger partial charge in [-0.05, 0) is 38.5 Å². The summed E-state index contributed by atoms with van der Waals surface area (Å²) in [6.45, 7) is 4.70. The quantitative estimate of drug-likeness (QED) is 0.680. The Balaban J connectivity index is 1.70. The molecule has 1 aliphatic rings. The summed E-state index contributed by atoms with van der Waals surface area (Å²) in [4.78, 5) is 14.1. The fraction of sp³-hybridized carbons (Fsp3) is 0.421. The number of hydrogen-bond donors (Lipinski definition) is 2. The molecule has 9 heteroatoms. The number of rotatable bonds is 8. The minimum absolute atomic E-state index is 0.107. The van der Waals surface area contributed by atoms with Gasteiger partial charge in [0.25, 0.3) is 5.91 Å². The van der Waals surface area contributed by atoms with Gasteiger partial charge in [-0.2, -0.15) is 0 Å². The van der Waals surface area contributed by atoms with Crippen molar-refractivity contribution in [2.45, 2.75) is 32.8 Å². The molecule has 1 amide bonds. The van der Waals surface area contributed by atoms with E-state index >= 15 is 0 Å². The second-order valence-electron chi connectivity index (χ2n) is 6.66. The number of hydrogen-bond acceptors (Lipinski definition) is 6. The van der Waals surface area contributed by atoms with Crippen molar-refractivity contribution in [3.05, 3.63) is 39.6 Å². The number of sulfonamides is 1. The molecule has 0 saturated carbocycles. The van der Waals surface area contributed by atoms with Gasteiger partial charge in [0.1, 0.15) is 17.6 Å². The molecule has 152 valence electrons. The van der Waals surface area contributed by atoms with Gasteiger partial charge in [-0.3, -0.25) is 4.79 Å². The summed E-state index contributed by atoms with van der Waals surface area (Å²) in [7, 11) is -3.21. The highest BCUT2D eigenvalue weighted by molar-refractivity contribution is 7.88. The van der Waals surface area contributed by atoms with Crippen molar-refractivity contribution < 1.29 is 22.7 Å². The van der Waals surface area contributed by atoms with Crippen LogP contribution in [0.4, 0.5) is 5.69 Å². The van der Waals surface area contributed by atoms with Gasteiger partial charge in [-0.15, -0.1) is 11.3 Å². The Kier molecular flexibility index (Phi) is 6.26. The molecule has 1 aliphatic heterocycles. The Bertz CT molecular complexity index is 969. The highest BCUT2D eigenvalue weighted by Gasteiger charge is 2.23. The number of anilines is 1. The summed E-state index contributed by atoms with van der Waals surface area (Å²) >= 11 is 1.34. The Morgan fingerprint density at radius 1 is 1.36 bits per heavy atom. The Labute approximate surface area is 169 Å². The van der Waals surface area contributed by atoms with Crippen molar-refractivity contribution in [1.29, 1.82) is 0 Å². The van der Waals surface area contributed by atoms with Gasteiger partial charge < -0.3 is 14.8 Å². The van der Waals surface area contributed by atoms with E-state index in [1.54, 1.807) is 6.07 Å². The lowest BCUT2D eigenvalue weighted by atomic mass is 10.1. The molecule has 2 heterocycles. The average Bonchev–Trinajstić information content (AvgIpc) is 3.20. The SMILES string of the molecule is CCOc1cc2c(cc1NC(=O)c1ccc(CCNS(C)(=O)=O)s1)O[C@H](C)C2. The lowest BCUT2D eigenvalue weighted by Gasteiger charge is -2.13. The van der Waals surface area contributed by atoms with Crippen LogP contribution in [-0.2, 0) is 22.9 Å². The lowest BCUT2D eigenvalue weighted by molar-refractivity contribution is 0.103. The third-order valence-electron chi connectivity index (χ3n) is 4.17. The highest BCUT2D eigenvalue weighted by atomic mass is 32.2. The van der Waals surface area contributed by atoms with Gasteiger partial charge in [0, 0.05) is 29.5 Å². The zero-order valence-electron chi connectivity index (χ0n) is 16.1. The number of carbonyl (C=O) groups excluding carboxylic acids is 1. The Morgan fingerprint density at radius 2 is 2.14 bits per heavy atom. The number of thiophene rings is 1. The van der Waals surface area contributed by atoms with Gasteiger partial charge in [0.15, 0.2) is 0 Å². The molecule has 2 aromatic rings. The molecule has 1 aromatic carbocycles. The zero-order valence-corrected chi connectivity index (χ0v) is 17.7. The van der Waals surface area contributed by atoms with Crippen molar-refractivity contribution in [1.82, 2.24) is 4.72 Å². The molecule has 2 N–H and O–H groups in total. The molecule has 7 nitrogen and oxygen atoms in total. The Hall–Kier alpha value is -2.10. The van der Waals surface area contributed by atoms with Crippen molar-refractivity contribution in [3.63, 3.8) is 0 Å². The van der Waals surface area contributed by atoms with Crippen LogP contribution in [0.5, 0.6) is 11.5 Å². The first-order valence-electron chi connectivity index (χ1n) is 9.06. The average molecular weight is 425 g/mol. The summed E-state index contributed by atoms with van der Waals surface area (Å²) in [5.41, 5.74) is 1.65. The molecule has 0 aliphatic carbocycles. The molecule has 1 atom stereocenters. The lowest BCUT2D eigenvalue weighted by Crippen LogP contribution is -2.24. The van der Waals surface area contributed by atoms with E-state index in [9.17, 15) is 13.2 Å². The summed E-state index contributed by atoms with van der Waals surface area (Å²) in [5, 5.41) is 2.90. The number of ether oxygens (including phenoxy) is 2.